The molecule has 1 amide bonds. The zero-order valence-electron chi connectivity index (χ0n) is 16.6. The van der Waals surface area contributed by atoms with Gasteiger partial charge in [0.2, 0.25) is 15.9 Å². The summed E-state index contributed by atoms with van der Waals surface area (Å²) in [6, 6.07) is 16.6. The maximum absolute atomic E-state index is 12.7. The standard InChI is InChI=1S/C21H28N2O3S2/c1-4-20(23(28(3,25)26)19-12-10-17(2)11-13-19)21(24)22-14-15-27-16-18-8-6-5-7-9-18/h5-13,20H,4,14-16H2,1-3H3,(H,22,24). The van der Waals surface area contributed by atoms with Gasteiger partial charge in [0.05, 0.1) is 11.9 Å². The Morgan fingerprint density at radius 1 is 1.11 bits per heavy atom. The molecular weight excluding hydrogens is 392 g/mol. The van der Waals surface area contributed by atoms with Gasteiger partial charge in [-0.2, -0.15) is 11.8 Å². The predicted octanol–water partition coefficient (Wildman–Crippen LogP) is 3.59. The predicted molar refractivity (Wildman–Crippen MR) is 118 cm³/mol. The van der Waals surface area contributed by atoms with Crippen LogP contribution in [0.3, 0.4) is 0 Å². The van der Waals surface area contributed by atoms with Gasteiger partial charge in [-0.05, 0) is 31.0 Å². The summed E-state index contributed by atoms with van der Waals surface area (Å²) in [6.07, 6.45) is 1.53. The van der Waals surface area contributed by atoms with Crippen LogP contribution in [0.1, 0.15) is 24.5 Å². The van der Waals surface area contributed by atoms with Crippen molar-refractivity contribution in [2.24, 2.45) is 0 Å². The number of rotatable bonds is 10. The lowest BCUT2D eigenvalue weighted by Crippen LogP contribution is -2.49. The SMILES string of the molecule is CCC(C(=O)NCCSCc1ccccc1)N(c1ccc(C)cc1)S(C)(=O)=O. The molecule has 1 N–H and O–H groups in total. The highest BCUT2D eigenvalue weighted by Crippen LogP contribution is 2.23. The largest absolute Gasteiger partial charge is 0.353 e. The summed E-state index contributed by atoms with van der Waals surface area (Å²) in [4.78, 5) is 12.7. The van der Waals surface area contributed by atoms with E-state index < -0.39 is 16.1 Å². The van der Waals surface area contributed by atoms with Crippen LogP contribution in [-0.4, -0.2) is 38.9 Å². The highest BCUT2D eigenvalue weighted by molar-refractivity contribution is 7.98. The number of carbonyl (C=O) groups excluding carboxylic acids is 1. The van der Waals surface area contributed by atoms with Crippen molar-refractivity contribution in [3.63, 3.8) is 0 Å². The normalized spacial score (nSPS) is 12.4. The first-order valence-corrected chi connectivity index (χ1v) is 12.3. The van der Waals surface area contributed by atoms with Crippen molar-refractivity contribution >= 4 is 33.4 Å². The summed E-state index contributed by atoms with van der Waals surface area (Å²) >= 11 is 1.73. The van der Waals surface area contributed by atoms with Crippen LogP contribution in [0, 0.1) is 6.92 Å². The van der Waals surface area contributed by atoms with Gasteiger partial charge < -0.3 is 5.32 Å². The van der Waals surface area contributed by atoms with Crippen LogP contribution in [0.25, 0.3) is 0 Å². The first kappa shape index (κ1) is 22.3. The van der Waals surface area contributed by atoms with Crippen molar-refractivity contribution in [1.82, 2.24) is 5.32 Å². The minimum atomic E-state index is -3.59. The van der Waals surface area contributed by atoms with Gasteiger partial charge in [0.1, 0.15) is 6.04 Å². The third-order valence-corrected chi connectivity index (χ3v) is 6.49. The molecule has 0 aliphatic rings. The molecule has 2 aromatic carbocycles. The van der Waals surface area contributed by atoms with E-state index in [0.717, 1.165) is 23.3 Å². The van der Waals surface area contributed by atoms with Gasteiger partial charge >= 0.3 is 0 Å². The van der Waals surface area contributed by atoms with E-state index in [4.69, 9.17) is 0 Å². The van der Waals surface area contributed by atoms with Gasteiger partial charge in [-0.1, -0.05) is 55.0 Å². The molecule has 0 saturated carbocycles. The molecule has 0 radical (unpaired) electrons. The lowest BCUT2D eigenvalue weighted by molar-refractivity contribution is -0.122. The second kappa shape index (κ2) is 10.5. The van der Waals surface area contributed by atoms with Crippen LogP contribution in [-0.2, 0) is 20.6 Å². The molecule has 0 aliphatic heterocycles. The summed E-state index contributed by atoms with van der Waals surface area (Å²) in [5.41, 5.74) is 2.78. The molecule has 0 aliphatic carbocycles. The Hall–Kier alpha value is -1.99. The van der Waals surface area contributed by atoms with Crippen molar-refractivity contribution in [3.05, 3.63) is 65.7 Å². The molecular formula is C21H28N2O3S2. The topological polar surface area (TPSA) is 66.5 Å². The molecule has 0 aromatic heterocycles. The number of benzene rings is 2. The molecule has 152 valence electrons. The summed E-state index contributed by atoms with van der Waals surface area (Å²) in [7, 11) is -3.59. The number of carbonyl (C=O) groups is 1. The number of nitrogens with one attached hydrogen (secondary N) is 1. The second-order valence-corrected chi connectivity index (χ2v) is 9.61. The lowest BCUT2D eigenvalue weighted by atomic mass is 10.1. The van der Waals surface area contributed by atoms with Gasteiger partial charge in [0.15, 0.2) is 0 Å². The van der Waals surface area contributed by atoms with Crippen molar-refractivity contribution < 1.29 is 13.2 Å². The quantitative estimate of drug-likeness (QED) is 0.597. The third-order valence-electron chi connectivity index (χ3n) is 4.28. The molecule has 0 spiro atoms. The van der Waals surface area contributed by atoms with E-state index in [1.807, 2.05) is 44.2 Å². The van der Waals surface area contributed by atoms with E-state index in [1.54, 1.807) is 23.9 Å². The zero-order valence-corrected chi connectivity index (χ0v) is 18.2. The van der Waals surface area contributed by atoms with E-state index in [0.29, 0.717) is 18.7 Å². The average Bonchev–Trinajstić information content (AvgIpc) is 2.66. The first-order valence-electron chi connectivity index (χ1n) is 9.28. The van der Waals surface area contributed by atoms with Crippen LogP contribution in [0.4, 0.5) is 5.69 Å². The van der Waals surface area contributed by atoms with Crippen LogP contribution in [0.15, 0.2) is 54.6 Å². The first-order chi connectivity index (χ1) is 13.3. The molecule has 0 heterocycles. The Balaban J connectivity index is 1.96. The fourth-order valence-electron chi connectivity index (χ4n) is 2.88. The van der Waals surface area contributed by atoms with E-state index in [-0.39, 0.29) is 5.91 Å². The fourth-order valence-corrected chi connectivity index (χ4v) is 4.91. The maximum Gasteiger partial charge on any atom is 0.243 e. The number of hydrogen-bond donors (Lipinski definition) is 1. The van der Waals surface area contributed by atoms with E-state index in [2.05, 4.69) is 17.4 Å². The van der Waals surface area contributed by atoms with Crippen molar-refractivity contribution in [3.8, 4) is 0 Å². The number of nitrogens with zero attached hydrogens (tertiary/aromatic N) is 1. The number of anilines is 1. The molecule has 1 unspecified atom stereocenters. The van der Waals surface area contributed by atoms with Crippen molar-refractivity contribution in [1.29, 1.82) is 0 Å². The van der Waals surface area contributed by atoms with Crippen LogP contribution < -0.4 is 9.62 Å². The minimum Gasteiger partial charge on any atom is -0.353 e. The molecule has 0 fully saturated rings. The van der Waals surface area contributed by atoms with E-state index in [1.165, 1.54) is 9.87 Å². The van der Waals surface area contributed by atoms with Crippen LogP contribution in [0.2, 0.25) is 0 Å². The summed E-state index contributed by atoms with van der Waals surface area (Å²) in [6.45, 7) is 4.25. The minimum absolute atomic E-state index is 0.270. The monoisotopic (exact) mass is 420 g/mol. The van der Waals surface area contributed by atoms with Crippen LogP contribution in [0.5, 0.6) is 0 Å². The van der Waals surface area contributed by atoms with Gasteiger partial charge in [-0.15, -0.1) is 0 Å². The number of thioether (sulfide) groups is 1. The number of sulfonamides is 1. The summed E-state index contributed by atoms with van der Waals surface area (Å²) in [5, 5.41) is 2.89. The average molecular weight is 421 g/mol. The van der Waals surface area contributed by atoms with Gasteiger partial charge in [0.25, 0.3) is 0 Å². The Morgan fingerprint density at radius 2 is 1.75 bits per heavy atom. The van der Waals surface area contributed by atoms with Crippen LogP contribution >= 0.6 is 11.8 Å². The Labute approximate surface area is 172 Å². The van der Waals surface area contributed by atoms with Gasteiger partial charge in [0, 0.05) is 18.1 Å². The zero-order chi connectivity index (χ0) is 20.6. The fraction of sp³-hybridized carbons (Fsp3) is 0.381. The molecule has 28 heavy (non-hydrogen) atoms. The van der Waals surface area contributed by atoms with E-state index >= 15 is 0 Å². The Morgan fingerprint density at radius 3 is 2.32 bits per heavy atom. The second-order valence-electron chi connectivity index (χ2n) is 6.65. The smallest absolute Gasteiger partial charge is 0.243 e. The maximum atomic E-state index is 12.7. The molecule has 7 heteroatoms. The summed E-state index contributed by atoms with van der Waals surface area (Å²) in [5.74, 6) is 1.38. The highest BCUT2D eigenvalue weighted by atomic mass is 32.2. The molecule has 0 bridgehead atoms. The number of amides is 1. The van der Waals surface area contributed by atoms with Gasteiger partial charge in [-0.25, -0.2) is 8.42 Å². The number of hydrogen-bond acceptors (Lipinski definition) is 4. The third kappa shape index (κ3) is 6.56. The Bertz CT molecular complexity index is 853. The molecule has 2 aromatic rings. The van der Waals surface area contributed by atoms with Crippen molar-refractivity contribution in [2.75, 3.05) is 22.9 Å². The lowest BCUT2D eigenvalue weighted by Gasteiger charge is -2.30. The number of aryl methyl sites for hydroxylation is 1. The van der Waals surface area contributed by atoms with E-state index in [9.17, 15) is 13.2 Å². The molecule has 2 rings (SSSR count). The van der Waals surface area contributed by atoms with Gasteiger partial charge in [-0.3, -0.25) is 9.10 Å². The summed E-state index contributed by atoms with van der Waals surface area (Å²) < 4.78 is 26.0. The van der Waals surface area contributed by atoms with Crippen molar-refractivity contribution in [2.45, 2.75) is 32.1 Å². The molecule has 1 atom stereocenters. The molecule has 5 nitrogen and oxygen atoms in total. The highest BCUT2D eigenvalue weighted by Gasteiger charge is 2.31. The molecule has 0 saturated heterocycles. The Kier molecular flexibility index (Phi) is 8.38.